The van der Waals surface area contributed by atoms with Crippen LogP contribution < -0.4 is 19.6 Å². The van der Waals surface area contributed by atoms with Crippen molar-refractivity contribution in [3.05, 3.63) is 291 Å². The first-order chi connectivity index (χ1) is 34.7. The smallest absolute Gasteiger partial charge is 0.0561 e. The van der Waals surface area contributed by atoms with E-state index >= 15 is 0 Å². The molecule has 0 heterocycles. The van der Waals surface area contributed by atoms with Crippen molar-refractivity contribution in [2.75, 3.05) is 19.6 Å². The summed E-state index contributed by atoms with van der Waals surface area (Å²) in [5.74, 6) is 0. The third-order valence-electron chi connectivity index (χ3n) is 13.5. The van der Waals surface area contributed by atoms with Crippen molar-refractivity contribution in [3.63, 3.8) is 0 Å². The summed E-state index contributed by atoms with van der Waals surface area (Å²) in [6.45, 7) is 0. The molecule has 334 valence electrons. The fourth-order valence-electron chi connectivity index (χ4n) is 10.2. The van der Waals surface area contributed by atoms with E-state index in [0.717, 1.165) is 69.0 Å². The van der Waals surface area contributed by atoms with Gasteiger partial charge < -0.3 is 19.6 Å². The zero-order valence-corrected chi connectivity index (χ0v) is 38.7. The second-order valence-electron chi connectivity index (χ2n) is 17.7. The summed E-state index contributed by atoms with van der Waals surface area (Å²) < 4.78 is 0. The van der Waals surface area contributed by atoms with Crippen LogP contribution in [0, 0.1) is 0 Å². The van der Waals surface area contributed by atoms with Crippen LogP contribution >= 0.6 is 0 Å². The molecule has 4 heteroatoms. The molecular weight excluding hydrogens is 849 g/mol. The van der Waals surface area contributed by atoms with Gasteiger partial charge in [-0.25, -0.2) is 0 Å². The number of benzene rings is 11. The van der Waals surface area contributed by atoms with Crippen LogP contribution in [0.25, 0.3) is 32.3 Å². The summed E-state index contributed by atoms with van der Waals surface area (Å²) in [5, 5.41) is 7.26. The second kappa shape index (κ2) is 18.9. The fourth-order valence-corrected chi connectivity index (χ4v) is 10.2. The third-order valence-corrected chi connectivity index (χ3v) is 13.5. The lowest BCUT2D eigenvalue weighted by molar-refractivity contribution is 0.777. The lowest BCUT2D eigenvalue weighted by Crippen LogP contribution is -2.31. The van der Waals surface area contributed by atoms with E-state index in [9.17, 15) is 0 Å². The number of nitrogens with zero attached hydrogens (tertiary/aromatic N) is 4. The van der Waals surface area contributed by atoms with E-state index in [4.69, 9.17) is 0 Å². The molecule has 0 aromatic heterocycles. The van der Waals surface area contributed by atoms with Crippen molar-refractivity contribution < 1.29 is 0 Å². The lowest BCUT2D eigenvalue weighted by atomic mass is 10.0. The molecule has 11 aromatic rings. The largest absolute Gasteiger partial charge is 0.334 e. The summed E-state index contributed by atoms with van der Waals surface area (Å²) in [5.41, 5.74) is 12.3. The molecule has 4 nitrogen and oxygen atoms in total. The Labute approximate surface area is 410 Å². The van der Waals surface area contributed by atoms with E-state index in [0.29, 0.717) is 0 Å². The summed E-state index contributed by atoms with van der Waals surface area (Å²) in [7, 11) is 0. The van der Waals surface area contributed by atoms with Crippen LogP contribution in [-0.4, -0.2) is 6.04 Å². The summed E-state index contributed by atoms with van der Waals surface area (Å²) >= 11 is 0. The highest BCUT2D eigenvalue weighted by molar-refractivity contribution is 6.01. The van der Waals surface area contributed by atoms with Crippen LogP contribution in [0.2, 0.25) is 0 Å². The van der Waals surface area contributed by atoms with Gasteiger partial charge in [0.05, 0.1) is 23.1 Å². The predicted octanol–water partition coefficient (Wildman–Crippen LogP) is 18.3. The Hall–Kier alpha value is -9.12. The van der Waals surface area contributed by atoms with Crippen LogP contribution in [0.4, 0.5) is 56.9 Å². The highest BCUT2D eigenvalue weighted by Gasteiger charge is 2.25. The Morgan fingerprint density at radius 3 is 0.971 bits per heavy atom. The molecule has 0 aliphatic heterocycles. The molecule has 0 radical (unpaired) electrons. The minimum absolute atomic E-state index is 0.0252. The Bertz CT molecular complexity index is 3460. The molecule has 0 bridgehead atoms. The van der Waals surface area contributed by atoms with Gasteiger partial charge in [-0.2, -0.15) is 0 Å². The number of para-hydroxylation sites is 3. The number of hydrogen-bond donors (Lipinski definition) is 0. The zero-order chi connectivity index (χ0) is 46.6. The van der Waals surface area contributed by atoms with Gasteiger partial charge in [0.1, 0.15) is 0 Å². The van der Waals surface area contributed by atoms with E-state index < -0.39 is 0 Å². The highest BCUT2D eigenvalue weighted by Crippen LogP contribution is 2.44. The number of fused-ring (bicyclic) bond motifs is 3. The molecule has 0 amide bonds. The Morgan fingerprint density at radius 1 is 0.271 bits per heavy atom. The van der Waals surface area contributed by atoms with Gasteiger partial charge in [0.25, 0.3) is 0 Å². The van der Waals surface area contributed by atoms with E-state index in [1.54, 1.807) is 0 Å². The lowest BCUT2D eigenvalue weighted by Gasteiger charge is -2.36. The number of allylic oxidation sites excluding steroid dienone is 1. The van der Waals surface area contributed by atoms with E-state index in [1.807, 2.05) is 0 Å². The standard InChI is InChI=1S/C66H50N4/c1-4-25-52(26-5-1)68(64-34-16-22-49-19-10-13-31-61(49)64)58-43-37-55(38-44-58)67(56-39-45-59(46-40-56)69(53-27-6-2-7-28-53)65-35-17-23-50-20-11-14-32-62(50)65)57-41-47-60(48-42-57)70(54-29-8-3-9-30-54)66-36-18-24-51-21-12-15-33-63(51)66/h1-41,43-48,57H,42H2. The molecule has 1 unspecified atom stereocenters. The Balaban J connectivity index is 0.957. The van der Waals surface area contributed by atoms with Crippen LogP contribution in [0.1, 0.15) is 6.42 Å². The van der Waals surface area contributed by atoms with Gasteiger partial charge in [-0.1, -0.05) is 176 Å². The van der Waals surface area contributed by atoms with E-state index in [1.165, 1.54) is 32.3 Å². The van der Waals surface area contributed by atoms with Crippen molar-refractivity contribution >= 4 is 89.2 Å². The van der Waals surface area contributed by atoms with Gasteiger partial charge >= 0.3 is 0 Å². The summed E-state index contributed by atoms with van der Waals surface area (Å²) in [4.78, 5) is 9.65. The second-order valence-corrected chi connectivity index (χ2v) is 17.7. The van der Waals surface area contributed by atoms with Crippen LogP contribution in [0.3, 0.4) is 0 Å². The zero-order valence-electron chi connectivity index (χ0n) is 38.7. The molecule has 1 atom stereocenters. The fraction of sp³-hybridized carbons (Fsp3) is 0.0303. The third kappa shape index (κ3) is 8.12. The van der Waals surface area contributed by atoms with Crippen LogP contribution in [0.5, 0.6) is 0 Å². The predicted molar refractivity (Wildman–Crippen MR) is 298 cm³/mol. The maximum atomic E-state index is 2.50. The minimum atomic E-state index is 0.0252. The van der Waals surface area contributed by atoms with Gasteiger partial charge in [-0.05, 0) is 132 Å². The molecule has 11 aromatic carbocycles. The minimum Gasteiger partial charge on any atom is -0.334 e. The quantitative estimate of drug-likeness (QED) is 0.121. The van der Waals surface area contributed by atoms with Gasteiger partial charge in [0.15, 0.2) is 0 Å². The Morgan fingerprint density at radius 2 is 0.586 bits per heavy atom. The highest BCUT2D eigenvalue weighted by atomic mass is 15.2. The van der Waals surface area contributed by atoms with Crippen molar-refractivity contribution in [1.82, 2.24) is 0 Å². The number of rotatable bonds is 12. The molecular formula is C66H50N4. The number of anilines is 10. The van der Waals surface area contributed by atoms with Gasteiger partial charge in [-0.15, -0.1) is 0 Å². The molecule has 12 rings (SSSR count). The van der Waals surface area contributed by atoms with Crippen molar-refractivity contribution in [2.45, 2.75) is 12.5 Å². The van der Waals surface area contributed by atoms with Crippen molar-refractivity contribution in [3.8, 4) is 0 Å². The summed E-state index contributed by atoms with van der Waals surface area (Å²) in [6.07, 6.45) is 7.90. The van der Waals surface area contributed by atoms with E-state index in [-0.39, 0.29) is 6.04 Å². The topological polar surface area (TPSA) is 13.0 Å². The molecule has 1 aliphatic rings. The van der Waals surface area contributed by atoms with Crippen molar-refractivity contribution in [2.24, 2.45) is 0 Å². The van der Waals surface area contributed by atoms with Crippen molar-refractivity contribution in [1.29, 1.82) is 0 Å². The van der Waals surface area contributed by atoms with Crippen LogP contribution in [-0.2, 0) is 0 Å². The van der Waals surface area contributed by atoms with Gasteiger partial charge in [0.2, 0.25) is 0 Å². The first kappa shape index (κ1) is 42.2. The monoisotopic (exact) mass is 898 g/mol. The Kier molecular flexibility index (Phi) is 11.4. The molecule has 0 N–H and O–H groups in total. The first-order valence-electron chi connectivity index (χ1n) is 24.1. The maximum absolute atomic E-state index is 2.50. The molecule has 0 spiro atoms. The SMILES string of the molecule is C1=CC(N(c2ccc(N(c3ccccc3)c3cccc4ccccc34)cc2)c2ccc(N(c3ccccc3)c3cccc4ccccc34)cc2)CC=C1N(c1ccccc1)c1cccc2ccccc12. The first-order valence-corrected chi connectivity index (χ1v) is 24.1. The average molecular weight is 899 g/mol. The molecule has 1 aliphatic carbocycles. The molecule has 0 saturated heterocycles. The number of hydrogen-bond acceptors (Lipinski definition) is 4. The van der Waals surface area contributed by atoms with Gasteiger partial charge in [-0.3, -0.25) is 0 Å². The normalized spacial score (nSPS) is 13.3. The van der Waals surface area contributed by atoms with E-state index in [2.05, 4.69) is 305 Å². The van der Waals surface area contributed by atoms with Crippen LogP contribution in [0.15, 0.2) is 291 Å². The maximum Gasteiger partial charge on any atom is 0.0561 e. The average Bonchev–Trinajstić information content (AvgIpc) is 3.43. The van der Waals surface area contributed by atoms with Gasteiger partial charge in [0, 0.05) is 61.7 Å². The molecule has 0 fully saturated rings. The summed E-state index contributed by atoms with van der Waals surface area (Å²) in [6, 6.07) is 96.0. The molecule has 0 saturated carbocycles. The molecule has 70 heavy (non-hydrogen) atoms.